The zero-order chi connectivity index (χ0) is 46.6. The van der Waals surface area contributed by atoms with Crippen LogP contribution in [0.5, 0.6) is 0 Å². The van der Waals surface area contributed by atoms with Crippen molar-refractivity contribution in [1.29, 1.82) is 0 Å². The predicted molar refractivity (Wildman–Crippen MR) is 301 cm³/mol. The number of rotatable bonds is 10. The van der Waals surface area contributed by atoms with Gasteiger partial charge < -0.3 is 9.80 Å². The molecule has 2 fully saturated rings. The summed E-state index contributed by atoms with van der Waals surface area (Å²) in [7, 11) is 0. The van der Waals surface area contributed by atoms with Crippen LogP contribution in [0.2, 0.25) is 0 Å². The summed E-state index contributed by atoms with van der Waals surface area (Å²) >= 11 is 0. The smallest absolute Gasteiger partial charge is 0.0413 e. The summed E-state index contributed by atoms with van der Waals surface area (Å²) < 4.78 is 0. The highest BCUT2D eigenvalue weighted by molar-refractivity contribution is 6.27. The molecule has 2 nitrogen and oxygen atoms in total. The van der Waals surface area contributed by atoms with Gasteiger partial charge in [-0.2, -0.15) is 0 Å². The lowest BCUT2D eigenvalue weighted by Crippen LogP contribution is -2.30. The molecule has 0 heterocycles. The van der Waals surface area contributed by atoms with Gasteiger partial charge in [-0.25, -0.2) is 0 Å². The lowest BCUT2D eigenvalue weighted by molar-refractivity contribution is 0.569. The van der Waals surface area contributed by atoms with Crippen LogP contribution in [0.4, 0.5) is 22.7 Å². The summed E-state index contributed by atoms with van der Waals surface area (Å²) in [4.78, 5) is 5.21. The van der Waals surface area contributed by atoms with Crippen LogP contribution in [-0.2, 0) is 0 Å². The molecular weight excluding hydrogens is 845 g/mol. The van der Waals surface area contributed by atoms with E-state index in [2.05, 4.69) is 228 Å². The van der Waals surface area contributed by atoms with Crippen molar-refractivity contribution in [3.63, 3.8) is 0 Å². The number of para-hydroxylation sites is 2. The predicted octanol–water partition coefficient (Wildman–Crippen LogP) is 19.5. The number of hydrogen-bond donors (Lipinski definition) is 0. The molecule has 2 heteroatoms. The largest absolute Gasteiger partial charge is 0.338 e. The van der Waals surface area contributed by atoms with E-state index < -0.39 is 0 Å². The van der Waals surface area contributed by atoms with Gasteiger partial charge in [-0.3, -0.25) is 0 Å². The Hall–Kier alpha value is -7.42. The summed E-state index contributed by atoms with van der Waals surface area (Å²) in [6.45, 7) is 0. The van der Waals surface area contributed by atoms with E-state index in [1.807, 2.05) is 0 Å². The van der Waals surface area contributed by atoms with Gasteiger partial charge in [-0.1, -0.05) is 209 Å². The fourth-order valence-electron chi connectivity index (χ4n) is 12.1. The van der Waals surface area contributed by atoms with Crippen molar-refractivity contribution in [2.45, 2.75) is 89.1 Å². The molecule has 0 saturated heterocycles. The van der Waals surface area contributed by atoms with E-state index in [4.69, 9.17) is 0 Å². The Morgan fingerprint density at radius 1 is 0.257 bits per heavy atom. The minimum atomic E-state index is 0.527. The Balaban J connectivity index is 0.885. The minimum Gasteiger partial charge on any atom is -0.338 e. The zero-order valence-corrected chi connectivity index (χ0v) is 40.3. The second-order valence-electron chi connectivity index (χ2n) is 20.0. The molecule has 12 rings (SSSR count). The third kappa shape index (κ3) is 8.77. The molecule has 0 bridgehead atoms. The quantitative estimate of drug-likeness (QED) is 0.0996. The van der Waals surface area contributed by atoms with Crippen LogP contribution in [0.1, 0.15) is 77.0 Å². The monoisotopic (exact) mass is 906 g/mol. The van der Waals surface area contributed by atoms with E-state index >= 15 is 0 Å². The first kappa shape index (κ1) is 43.8. The summed E-state index contributed by atoms with van der Waals surface area (Å²) in [6, 6.07) is 83.1. The standard InChI is InChI=1S/C68H62N2/c1-2-8-22-57(21-7-1)69(59-25-11-5-12-26-59)61-43-39-51(40-44-61)49-31-35-53(36-32-49)65-47-55-19-15-18-30-64(55)68-66(48-56-20-16-17-29-63(56)67(65)68)54-37-33-50(34-38-54)52-41-45-62(46-42-52)70(60-27-13-6-14-28-60)58-23-9-3-4-10-24-58/h5-6,11-20,25-48,57-58H,1-4,7-10,21-24H2. The molecule has 0 aromatic heterocycles. The molecule has 0 radical (unpaired) electrons. The molecule has 2 saturated carbocycles. The number of benzene rings is 10. The van der Waals surface area contributed by atoms with Crippen molar-refractivity contribution in [3.8, 4) is 44.5 Å². The van der Waals surface area contributed by atoms with Gasteiger partial charge in [-0.15, -0.1) is 0 Å². The molecule has 70 heavy (non-hydrogen) atoms. The maximum absolute atomic E-state index is 2.60. The first-order chi connectivity index (χ1) is 34.7. The third-order valence-corrected chi connectivity index (χ3v) is 15.6. The fourth-order valence-corrected chi connectivity index (χ4v) is 12.1. The Morgan fingerprint density at radius 3 is 0.900 bits per heavy atom. The fraction of sp³-hybridized carbons (Fsp3) is 0.206. The van der Waals surface area contributed by atoms with Gasteiger partial charge in [0.25, 0.3) is 0 Å². The van der Waals surface area contributed by atoms with E-state index in [1.165, 1.54) is 177 Å². The normalized spacial score (nSPS) is 14.9. The van der Waals surface area contributed by atoms with E-state index in [0.29, 0.717) is 12.1 Å². The van der Waals surface area contributed by atoms with Crippen molar-refractivity contribution in [2.24, 2.45) is 0 Å². The molecule has 0 aliphatic heterocycles. The summed E-state index contributed by atoms with van der Waals surface area (Å²) in [6.07, 6.45) is 15.6. The number of nitrogens with zero attached hydrogens (tertiary/aromatic N) is 2. The average molecular weight is 907 g/mol. The molecule has 0 spiro atoms. The van der Waals surface area contributed by atoms with Crippen LogP contribution in [0.3, 0.4) is 0 Å². The zero-order valence-electron chi connectivity index (χ0n) is 40.3. The van der Waals surface area contributed by atoms with Gasteiger partial charge in [0, 0.05) is 34.8 Å². The Kier molecular flexibility index (Phi) is 12.5. The van der Waals surface area contributed by atoms with Gasteiger partial charge in [0.2, 0.25) is 0 Å². The average Bonchev–Trinajstić information content (AvgIpc) is 3.88. The second kappa shape index (κ2) is 19.9. The van der Waals surface area contributed by atoms with Crippen molar-refractivity contribution >= 4 is 55.1 Å². The molecule has 10 aromatic carbocycles. The second-order valence-corrected chi connectivity index (χ2v) is 20.0. The third-order valence-electron chi connectivity index (χ3n) is 15.6. The van der Waals surface area contributed by atoms with E-state index in [1.54, 1.807) is 0 Å². The molecule has 2 aliphatic rings. The summed E-state index contributed by atoms with van der Waals surface area (Å²) in [5, 5.41) is 7.68. The SMILES string of the molecule is c1ccc(N(c2ccc(-c3ccc(-c4cc5ccccc5c5c(-c6ccc(-c7ccc(N(c8ccccc8)C8CCCCCC8)cc7)cc6)cc6ccccc6c45)cc3)cc2)C2CCCCCC2)cc1. The Morgan fingerprint density at radius 2 is 0.543 bits per heavy atom. The topological polar surface area (TPSA) is 6.48 Å². The molecule has 0 atom stereocenters. The number of fused-ring (bicyclic) bond motifs is 5. The molecule has 0 N–H and O–H groups in total. The minimum absolute atomic E-state index is 0.527. The molecule has 0 unspecified atom stereocenters. The first-order valence-electron chi connectivity index (χ1n) is 26.2. The lowest BCUT2D eigenvalue weighted by Gasteiger charge is -2.33. The molecular formula is C68H62N2. The first-order valence-corrected chi connectivity index (χ1v) is 26.2. The highest BCUT2D eigenvalue weighted by atomic mass is 15.2. The summed E-state index contributed by atoms with van der Waals surface area (Å²) in [5.74, 6) is 0. The Labute approximate surface area is 414 Å². The van der Waals surface area contributed by atoms with E-state index in [-0.39, 0.29) is 0 Å². The van der Waals surface area contributed by atoms with Gasteiger partial charge in [0.1, 0.15) is 0 Å². The van der Waals surface area contributed by atoms with Crippen LogP contribution < -0.4 is 9.80 Å². The molecule has 0 amide bonds. The van der Waals surface area contributed by atoms with Crippen molar-refractivity contribution in [2.75, 3.05) is 9.80 Å². The van der Waals surface area contributed by atoms with Crippen molar-refractivity contribution in [1.82, 2.24) is 0 Å². The molecule has 10 aromatic rings. The van der Waals surface area contributed by atoms with Crippen molar-refractivity contribution in [3.05, 3.63) is 218 Å². The number of anilines is 4. The Bertz CT molecular complexity index is 3110. The maximum Gasteiger partial charge on any atom is 0.0413 e. The van der Waals surface area contributed by atoms with Crippen LogP contribution in [0.15, 0.2) is 218 Å². The molecule has 344 valence electrons. The number of hydrogen-bond acceptors (Lipinski definition) is 2. The van der Waals surface area contributed by atoms with Gasteiger partial charge in [-0.05, 0) is 163 Å². The van der Waals surface area contributed by atoms with Crippen LogP contribution in [0.25, 0.3) is 76.8 Å². The highest BCUT2D eigenvalue weighted by Gasteiger charge is 2.24. The van der Waals surface area contributed by atoms with Crippen LogP contribution >= 0.6 is 0 Å². The van der Waals surface area contributed by atoms with Gasteiger partial charge in [0.05, 0.1) is 0 Å². The van der Waals surface area contributed by atoms with E-state index in [9.17, 15) is 0 Å². The molecule has 2 aliphatic carbocycles. The van der Waals surface area contributed by atoms with E-state index in [0.717, 1.165) is 0 Å². The highest BCUT2D eigenvalue weighted by Crippen LogP contribution is 2.45. The maximum atomic E-state index is 2.60. The summed E-state index contributed by atoms with van der Waals surface area (Å²) in [5.41, 5.74) is 15.1. The van der Waals surface area contributed by atoms with Crippen molar-refractivity contribution < 1.29 is 0 Å². The van der Waals surface area contributed by atoms with Crippen LogP contribution in [-0.4, -0.2) is 12.1 Å². The lowest BCUT2D eigenvalue weighted by atomic mass is 9.85. The van der Waals surface area contributed by atoms with Gasteiger partial charge >= 0.3 is 0 Å². The van der Waals surface area contributed by atoms with Crippen LogP contribution in [0, 0.1) is 0 Å². The van der Waals surface area contributed by atoms with Gasteiger partial charge in [0.15, 0.2) is 0 Å².